The molecule has 1 saturated heterocycles. The molecule has 3 nitrogen and oxygen atoms in total. The molecule has 1 aliphatic heterocycles. The fourth-order valence-corrected chi connectivity index (χ4v) is 2.30. The van der Waals surface area contributed by atoms with Crippen LogP contribution in [0.2, 0.25) is 0 Å². The molecule has 1 fully saturated rings. The van der Waals surface area contributed by atoms with Gasteiger partial charge in [-0.1, -0.05) is 26.2 Å². The van der Waals surface area contributed by atoms with E-state index in [-0.39, 0.29) is 0 Å². The van der Waals surface area contributed by atoms with Crippen molar-refractivity contribution >= 4 is 5.97 Å². The lowest BCUT2D eigenvalue weighted by molar-refractivity contribution is -0.149. The zero-order chi connectivity index (χ0) is 12.0. The summed E-state index contributed by atoms with van der Waals surface area (Å²) in [6, 6.07) is 0. The Labute approximate surface area is 98.8 Å². The van der Waals surface area contributed by atoms with Crippen LogP contribution in [-0.4, -0.2) is 35.6 Å². The first-order valence-corrected chi connectivity index (χ1v) is 6.54. The fourth-order valence-electron chi connectivity index (χ4n) is 2.30. The standard InChI is InChI=1S/C13H25NO2/c1-3-13(2,12(15)16)11-14-9-7-5-4-6-8-10-14/h3-11H2,1-2H3,(H,15,16). The Morgan fingerprint density at radius 1 is 1.19 bits per heavy atom. The van der Waals surface area contributed by atoms with E-state index in [0.29, 0.717) is 13.0 Å². The summed E-state index contributed by atoms with van der Waals surface area (Å²) in [6.45, 7) is 6.69. The van der Waals surface area contributed by atoms with Crippen molar-refractivity contribution in [3.8, 4) is 0 Å². The Kier molecular flexibility index (Phi) is 5.26. The predicted molar refractivity (Wildman–Crippen MR) is 65.6 cm³/mol. The lowest BCUT2D eigenvalue weighted by Crippen LogP contribution is -2.42. The average molecular weight is 227 g/mol. The number of nitrogens with zero attached hydrogens (tertiary/aromatic N) is 1. The van der Waals surface area contributed by atoms with E-state index in [9.17, 15) is 9.90 Å². The Bertz CT molecular complexity index is 222. The minimum Gasteiger partial charge on any atom is -0.481 e. The zero-order valence-electron chi connectivity index (χ0n) is 10.7. The van der Waals surface area contributed by atoms with Crippen molar-refractivity contribution in [2.45, 2.75) is 52.4 Å². The molecular weight excluding hydrogens is 202 g/mol. The smallest absolute Gasteiger partial charge is 0.310 e. The molecule has 1 heterocycles. The fraction of sp³-hybridized carbons (Fsp3) is 0.923. The molecule has 0 aromatic rings. The summed E-state index contributed by atoms with van der Waals surface area (Å²) in [7, 11) is 0. The van der Waals surface area contributed by atoms with Gasteiger partial charge in [-0.2, -0.15) is 0 Å². The molecule has 0 bridgehead atoms. The van der Waals surface area contributed by atoms with E-state index < -0.39 is 11.4 Å². The summed E-state index contributed by atoms with van der Waals surface area (Å²) in [5.41, 5.74) is -0.570. The number of carbonyl (C=O) groups is 1. The Hall–Kier alpha value is -0.570. The second-order valence-electron chi connectivity index (χ2n) is 5.26. The number of hydrogen-bond acceptors (Lipinski definition) is 2. The van der Waals surface area contributed by atoms with Crippen molar-refractivity contribution in [2.75, 3.05) is 19.6 Å². The summed E-state index contributed by atoms with van der Waals surface area (Å²) in [5, 5.41) is 9.26. The van der Waals surface area contributed by atoms with Crippen LogP contribution in [-0.2, 0) is 4.79 Å². The third-order valence-corrected chi connectivity index (χ3v) is 3.82. The summed E-state index contributed by atoms with van der Waals surface area (Å²) in [6.07, 6.45) is 7.09. The van der Waals surface area contributed by atoms with Gasteiger partial charge in [-0.05, 0) is 39.3 Å². The van der Waals surface area contributed by atoms with E-state index in [4.69, 9.17) is 0 Å². The molecule has 1 atom stereocenters. The molecule has 0 saturated carbocycles. The molecule has 0 amide bonds. The van der Waals surface area contributed by atoms with Crippen molar-refractivity contribution in [3.05, 3.63) is 0 Å². The Morgan fingerprint density at radius 2 is 1.69 bits per heavy atom. The van der Waals surface area contributed by atoms with E-state index in [0.717, 1.165) is 13.1 Å². The van der Waals surface area contributed by atoms with E-state index in [2.05, 4.69) is 4.90 Å². The van der Waals surface area contributed by atoms with Crippen LogP contribution >= 0.6 is 0 Å². The van der Waals surface area contributed by atoms with Gasteiger partial charge < -0.3 is 10.0 Å². The van der Waals surface area contributed by atoms with Crippen LogP contribution in [0, 0.1) is 5.41 Å². The first kappa shape index (κ1) is 13.5. The van der Waals surface area contributed by atoms with E-state index >= 15 is 0 Å². The van der Waals surface area contributed by atoms with Crippen molar-refractivity contribution in [1.29, 1.82) is 0 Å². The molecule has 0 radical (unpaired) electrons. The number of carboxylic acids is 1. The SMILES string of the molecule is CCC(C)(CN1CCCCCCC1)C(=O)O. The van der Waals surface area contributed by atoms with Crippen LogP contribution in [0.5, 0.6) is 0 Å². The quantitative estimate of drug-likeness (QED) is 0.803. The van der Waals surface area contributed by atoms with Crippen molar-refractivity contribution in [1.82, 2.24) is 4.90 Å². The molecule has 16 heavy (non-hydrogen) atoms. The minimum atomic E-state index is -0.656. The number of likely N-dealkylation sites (tertiary alicyclic amines) is 1. The molecule has 1 rings (SSSR count). The minimum absolute atomic E-state index is 0.570. The first-order valence-electron chi connectivity index (χ1n) is 6.54. The van der Waals surface area contributed by atoms with Gasteiger partial charge in [-0.15, -0.1) is 0 Å². The lowest BCUT2D eigenvalue weighted by atomic mass is 9.86. The highest BCUT2D eigenvalue weighted by atomic mass is 16.4. The highest BCUT2D eigenvalue weighted by Crippen LogP contribution is 2.24. The van der Waals surface area contributed by atoms with E-state index in [1.54, 1.807) is 0 Å². The van der Waals surface area contributed by atoms with E-state index in [1.807, 2.05) is 13.8 Å². The summed E-state index contributed by atoms with van der Waals surface area (Å²) < 4.78 is 0. The largest absolute Gasteiger partial charge is 0.481 e. The summed E-state index contributed by atoms with van der Waals surface area (Å²) in [5.74, 6) is -0.656. The van der Waals surface area contributed by atoms with Gasteiger partial charge in [0.2, 0.25) is 0 Å². The molecule has 0 aliphatic carbocycles. The molecule has 0 spiro atoms. The van der Waals surface area contributed by atoms with Gasteiger partial charge in [0.15, 0.2) is 0 Å². The maximum atomic E-state index is 11.3. The molecule has 3 heteroatoms. The Balaban J connectivity index is 2.51. The van der Waals surface area contributed by atoms with Crippen molar-refractivity contribution in [2.24, 2.45) is 5.41 Å². The van der Waals surface area contributed by atoms with Gasteiger partial charge in [-0.3, -0.25) is 4.79 Å². The average Bonchev–Trinajstić information content (AvgIpc) is 2.21. The monoisotopic (exact) mass is 227 g/mol. The molecule has 1 aliphatic rings. The molecule has 0 aromatic heterocycles. The van der Waals surface area contributed by atoms with Gasteiger partial charge in [0.25, 0.3) is 0 Å². The van der Waals surface area contributed by atoms with Crippen LogP contribution < -0.4 is 0 Å². The highest BCUT2D eigenvalue weighted by molar-refractivity contribution is 5.74. The van der Waals surface area contributed by atoms with E-state index in [1.165, 1.54) is 32.1 Å². The van der Waals surface area contributed by atoms with Crippen molar-refractivity contribution in [3.63, 3.8) is 0 Å². The van der Waals surface area contributed by atoms with Crippen molar-refractivity contribution < 1.29 is 9.90 Å². The molecule has 1 unspecified atom stereocenters. The molecule has 94 valence electrons. The number of rotatable bonds is 4. The first-order chi connectivity index (χ1) is 7.58. The Morgan fingerprint density at radius 3 is 2.12 bits per heavy atom. The van der Waals surface area contributed by atoms with Crippen LogP contribution in [0.15, 0.2) is 0 Å². The predicted octanol–water partition coefficient (Wildman–Crippen LogP) is 2.75. The molecule has 0 aromatic carbocycles. The zero-order valence-corrected chi connectivity index (χ0v) is 10.7. The van der Waals surface area contributed by atoms with Gasteiger partial charge in [-0.25, -0.2) is 0 Å². The lowest BCUT2D eigenvalue weighted by Gasteiger charge is -2.32. The maximum absolute atomic E-state index is 11.3. The van der Waals surface area contributed by atoms with Crippen LogP contribution in [0.4, 0.5) is 0 Å². The highest BCUT2D eigenvalue weighted by Gasteiger charge is 2.33. The second-order valence-corrected chi connectivity index (χ2v) is 5.26. The molecular formula is C13H25NO2. The summed E-state index contributed by atoms with van der Waals surface area (Å²) in [4.78, 5) is 13.6. The third-order valence-electron chi connectivity index (χ3n) is 3.82. The number of aliphatic carboxylic acids is 1. The summed E-state index contributed by atoms with van der Waals surface area (Å²) >= 11 is 0. The van der Waals surface area contributed by atoms with Crippen LogP contribution in [0.3, 0.4) is 0 Å². The van der Waals surface area contributed by atoms with Gasteiger partial charge in [0.05, 0.1) is 5.41 Å². The number of carboxylic acid groups (broad SMARTS) is 1. The molecule has 1 N–H and O–H groups in total. The second kappa shape index (κ2) is 6.24. The number of hydrogen-bond donors (Lipinski definition) is 1. The van der Waals surface area contributed by atoms with Gasteiger partial charge in [0.1, 0.15) is 0 Å². The topological polar surface area (TPSA) is 40.5 Å². The van der Waals surface area contributed by atoms with Gasteiger partial charge >= 0.3 is 5.97 Å². The third kappa shape index (κ3) is 3.78. The maximum Gasteiger partial charge on any atom is 0.310 e. The normalized spacial score (nSPS) is 23.1. The van der Waals surface area contributed by atoms with Crippen LogP contribution in [0.1, 0.15) is 52.4 Å². The van der Waals surface area contributed by atoms with Crippen LogP contribution in [0.25, 0.3) is 0 Å². The van der Waals surface area contributed by atoms with Gasteiger partial charge in [0, 0.05) is 6.54 Å².